The maximum atomic E-state index is 11.2. The molecule has 0 aromatic heterocycles. The highest BCUT2D eigenvalue weighted by Gasteiger charge is 2.45. The second-order valence-corrected chi connectivity index (χ2v) is 6.10. The Morgan fingerprint density at radius 3 is 2.50 bits per heavy atom. The second-order valence-electron chi connectivity index (χ2n) is 3.80. The lowest BCUT2D eigenvalue weighted by molar-refractivity contribution is -0.175. The van der Waals surface area contributed by atoms with Gasteiger partial charge in [0.15, 0.2) is 15.6 Å². The van der Waals surface area contributed by atoms with Gasteiger partial charge in [-0.3, -0.25) is 0 Å². The molecule has 2 fully saturated rings. The van der Waals surface area contributed by atoms with Crippen molar-refractivity contribution in [2.45, 2.75) is 24.7 Å². The van der Waals surface area contributed by atoms with Gasteiger partial charge in [-0.05, 0) is 0 Å². The van der Waals surface area contributed by atoms with Crippen LogP contribution in [0, 0.1) is 0 Å². The molecule has 1 atom stereocenters. The van der Waals surface area contributed by atoms with Crippen LogP contribution < -0.4 is 0 Å². The molecule has 2 heterocycles. The van der Waals surface area contributed by atoms with Gasteiger partial charge in [-0.25, -0.2) is 8.42 Å². The summed E-state index contributed by atoms with van der Waals surface area (Å²) in [6.07, 6.45) is 0.466. The normalized spacial score (nSPS) is 34.8. The van der Waals surface area contributed by atoms with E-state index in [9.17, 15) is 8.42 Å². The summed E-state index contributed by atoms with van der Waals surface area (Å²) in [7, 11) is -2.89. The quantitative estimate of drug-likeness (QED) is 0.635. The minimum atomic E-state index is -2.89. The zero-order valence-corrected chi connectivity index (χ0v) is 8.62. The molecule has 1 unspecified atom stereocenters. The van der Waals surface area contributed by atoms with E-state index in [1.165, 1.54) is 0 Å². The van der Waals surface area contributed by atoms with Crippen LogP contribution in [0.4, 0.5) is 0 Å². The molecule has 0 aliphatic carbocycles. The van der Waals surface area contributed by atoms with Crippen molar-refractivity contribution >= 4 is 9.84 Å². The van der Waals surface area contributed by atoms with Crippen LogP contribution in [0.15, 0.2) is 0 Å². The molecule has 5 nitrogen and oxygen atoms in total. The smallest absolute Gasteiger partial charge is 0.170 e. The Hall–Kier alpha value is -0.170. The maximum Gasteiger partial charge on any atom is 0.170 e. The summed E-state index contributed by atoms with van der Waals surface area (Å²) < 4.78 is 33.3. The average Bonchev–Trinajstić information content (AvgIpc) is 2.56. The number of sulfone groups is 1. The molecule has 0 bridgehead atoms. The highest BCUT2D eigenvalue weighted by molar-refractivity contribution is 7.91. The second kappa shape index (κ2) is 3.44. The molecule has 0 radical (unpaired) electrons. The van der Waals surface area contributed by atoms with Gasteiger partial charge in [0.25, 0.3) is 0 Å². The molecule has 0 aromatic carbocycles. The summed E-state index contributed by atoms with van der Waals surface area (Å²) in [6.45, 7) is 0.283. The van der Waals surface area contributed by atoms with Gasteiger partial charge in [-0.2, -0.15) is 0 Å². The Morgan fingerprint density at radius 2 is 2.00 bits per heavy atom. The molecule has 1 N–H and O–H groups in total. The number of aliphatic hydroxyl groups is 1. The number of hydrogen-bond donors (Lipinski definition) is 1. The van der Waals surface area contributed by atoms with Gasteiger partial charge in [0.1, 0.15) is 6.10 Å². The standard InChI is InChI=1S/C8H14O5S/c9-5-7-6-12-8(13-7)1-3-14(10,11)4-2-8/h7,9H,1-6H2. The minimum absolute atomic E-state index is 0.0749. The predicted octanol–water partition coefficient (Wildman–Crippen LogP) is -0.701. The average molecular weight is 222 g/mol. The molecule has 6 heteroatoms. The molecule has 2 saturated heterocycles. The van der Waals surface area contributed by atoms with E-state index >= 15 is 0 Å². The van der Waals surface area contributed by atoms with E-state index in [1.807, 2.05) is 0 Å². The van der Waals surface area contributed by atoms with E-state index in [-0.39, 0.29) is 24.2 Å². The molecular weight excluding hydrogens is 208 g/mol. The summed E-state index contributed by atoms with van der Waals surface area (Å²) in [4.78, 5) is 0. The van der Waals surface area contributed by atoms with E-state index in [0.717, 1.165) is 0 Å². The van der Waals surface area contributed by atoms with Crippen molar-refractivity contribution in [1.82, 2.24) is 0 Å². The third-order valence-electron chi connectivity index (χ3n) is 2.71. The van der Waals surface area contributed by atoms with E-state index in [4.69, 9.17) is 14.6 Å². The van der Waals surface area contributed by atoms with Gasteiger partial charge >= 0.3 is 0 Å². The van der Waals surface area contributed by atoms with E-state index in [1.54, 1.807) is 0 Å². The Morgan fingerprint density at radius 1 is 1.36 bits per heavy atom. The van der Waals surface area contributed by atoms with Crippen LogP contribution in [0.3, 0.4) is 0 Å². The highest BCUT2D eigenvalue weighted by atomic mass is 32.2. The number of ether oxygens (including phenoxy) is 2. The molecule has 0 saturated carbocycles. The number of rotatable bonds is 1. The van der Waals surface area contributed by atoms with E-state index in [2.05, 4.69) is 0 Å². The van der Waals surface area contributed by atoms with Gasteiger partial charge in [0.2, 0.25) is 0 Å². The van der Waals surface area contributed by atoms with Gasteiger partial charge in [0, 0.05) is 12.8 Å². The Kier molecular flexibility index (Phi) is 2.55. The Balaban J connectivity index is 2.01. The van der Waals surface area contributed by atoms with Crippen LogP contribution >= 0.6 is 0 Å². The van der Waals surface area contributed by atoms with Gasteiger partial charge in [0.05, 0.1) is 24.7 Å². The van der Waals surface area contributed by atoms with E-state index < -0.39 is 15.6 Å². The summed E-state index contributed by atoms with van der Waals surface area (Å²) in [5.41, 5.74) is 0. The van der Waals surface area contributed by atoms with Crippen LogP contribution in [0.2, 0.25) is 0 Å². The Labute approximate surface area is 82.9 Å². The van der Waals surface area contributed by atoms with Crippen LogP contribution in [-0.2, 0) is 19.3 Å². The lowest BCUT2D eigenvalue weighted by Crippen LogP contribution is -2.40. The zero-order valence-electron chi connectivity index (χ0n) is 7.81. The van der Waals surface area contributed by atoms with Crippen LogP contribution in [0.25, 0.3) is 0 Å². The first-order chi connectivity index (χ1) is 6.55. The zero-order chi connectivity index (χ0) is 10.2. The molecule has 0 amide bonds. The fourth-order valence-corrected chi connectivity index (χ4v) is 3.27. The Bertz CT molecular complexity index is 296. The molecule has 2 aliphatic rings. The molecule has 2 aliphatic heterocycles. The van der Waals surface area contributed by atoms with Gasteiger partial charge in [-0.15, -0.1) is 0 Å². The van der Waals surface area contributed by atoms with Crippen LogP contribution in [0.1, 0.15) is 12.8 Å². The third-order valence-corrected chi connectivity index (χ3v) is 4.36. The van der Waals surface area contributed by atoms with Gasteiger partial charge in [-0.1, -0.05) is 0 Å². The molecular formula is C8H14O5S. The van der Waals surface area contributed by atoms with Crippen LogP contribution in [-0.4, -0.2) is 50.1 Å². The molecule has 82 valence electrons. The van der Waals surface area contributed by atoms with Crippen molar-refractivity contribution in [3.63, 3.8) is 0 Å². The van der Waals surface area contributed by atoms with Crippen LogP contribution in [0.5, 0.6) is 0 Å². The fourth-order valence-electron chi connectivity index (χ4n) is 1.82. The molecule has 2 rings (SSSR count). The fraction of sp³-hybridized carbons (Fsp3) is 1.00. The van der Waals surface area contributed by atoms with Crippen molar-refractivity contribution in [3.05, 3.63) is 0 Å². The topological polar surface area (TPSA) is 72.8 Å². The lowest BCUT2D eigenvalue weighted by atomic mass is 10.1. The summed E-state index contributed by atoms with van der Waals surface area (Å²) in [5.74, 6) is -0.505. The van der Waals surface area contributed by atoms with Crippen molar-refractivity contribution in [2.75, 3.05) is 24.7 Å². The lowest BCUT2D eigenvalue weighted by Gasteiger charge is -2.31. The number of hydrogen-bond acceptors (Lipinski definition) is 5. The van der Waals surface area contributed by atoms with Crippen molar-refractivity contribution in [2.24, 2.45) is 0 Å². The first kappa shape index (κ1) is 10.4. The molecule has 14 heavy (non-hydrogen) atoms. The van der Waals surface area contributed by atoms with E-state index in [0.29, 0.717) is 19.4 Å². The number of aliphatic hydroxyl groups excluding tert-OH is 1. The van der Waals surface area contributed by atoms with Crippen molar-refractivity contribution in [3.8, 4) is 0 Å². The highest BCUT2D eigenvalue weighted by Crippen LogP contribution is 2.34. The SMILES string of the molecule is O=S1(=O)CCC2(CC1)OCC(CO)O2. The first-order valence-corrected chi connectivity index (χ1v) is 6.50. The summed E-state index contributed by atoms with van der Waals surface area (Å²) in [6, 6.07) is 0. The predicted molar refractivity (Wildman–Crippen MR) is 48.5 cm³/mol. The van der Waals surface area contributed by atoms with Gasteiger partial charge < -0.3 is 14.6 Å². The summed E-state index contributed by atoms with van der Waals surface area (Å²) in [5, 5.41) is 8.86. The van der Waals surface area contributed by atoms with Crippen molar-refractivity contribution in [1.29, 1.82) is 0 Å². The first-order valence-electron chi connectivity index (χ1n) is 4.68. The summed E-state index contributed by atoms with van der Waals surface area (Å²) >= 11 is 0. The minimum Gasteiger partial charge on any atom is -0.394 e. The monoisotopic (exact) mass is 222 g/mol. The van der Waals surface area contributed by atoms with Crippen molar-refractivity contribution < 1.29 is 23.0 Å². The maximum absolute atomic E-state index is 11.2. The largest absolute Gasteiger partial charge is 0.394 e. The molecule has 1 spiro atoms. The molecule has 0 aromatic rings. The third kappa shape index (κ3) is 1.93.